The summed E-state index contributed by atoms with van der Waals surface area (Å²) in [7, 11) is 1.55. The molecule has 200 valence electrons. The first kappa shape index (κ1) is 26.3. The predicted molar refractivity (Wildman–Crippen MR) is 143 cm³/mol. The van der Waals surface area contributed by atoms with Crippen LogP contribution in [0, 0.1) is 5.82 Å². The molecule has 0 aliphatic carbocycles. The molecule has 5 rings (SSSR count). The predicted octanol–water partition coefficient (Wildman–Crippen LogP) is 4.63. The van der Waals surface area contributed by atoms with E-state index in [0.29, 0.717) is 46.4 Å². The van der Waals surface area contributed by atoms with Crippen molar-refractivity contribution in [2.24, 2.45) is 0 Å². The van der Waals surface area contributed by atoms with Crippen LogP contribution in [-0.2, 0) is 14.3 Å². The number of imide groups is 1. The van der Waals surface area contributed by atoms with E-state index in [-0.39, 0.29) is 29.8 Å². The number of nitrogens with zero attached hydrogens (tertiary/aromatic N) is 1. The lowest BCUT2D eigenvalue weighted by atomic mass is 10.2. The minimum Gasteiger partial charge on any atom is -0.454 e. The maximum absolute atomic E-state index is 13.4. The average molecular weight is 550 g/mol. The monoisotopic (exact) mass is 549 g/mol. The average Bonchev–Trinajstić information content (AvgIpc) is 3.49. The number of amides is 3. The summed E-state index contributed by atoms with van der Waals surface area (Å²) in [6.45, 7) is 0.694. The number of ether oxygens (including phenoxy) is 3. The smallest absolute Gasteiger partial charge is 0.278 e. The van der Waals surface area contributed by atoms with Gasteiger partial charge in [0.25, 0.3) is 17.7 Å². The summed E-state index contributed by atoms with van der Waals surface area (Å²) >= 11 is 1.10. The van der Waals surface area contributed by atoms with Gasteiger partial charge in [0.15, 0.2) is 11.5 Å². The molecule has 0 spiro atoms. The SMILES string of the molecule is COCCCN1C(=O)C(Nc2ccc(F)cc2)=C(Sc2cccc(NC(=O)c3ccc4c(c3)OCO4)c2)C1=O. The Morgan fingerprint density at radius 3 is 2.59 bits per heavy atom. The Labute approximate surface area is 227 Å². The summed E-state index contributed by atoms with van der Waals surface area (Å²) < 4.78 is 29.1. The molecule has 3 aromatic rings. The van der Waals surface area contributed by atoms with Crippen molar-refractivity contribution < 1.29 is 33.0 Å². The highest BCUT2D eigenvalue weighted by Gasteiger charge is 2.38. The summed E-state index contributed by atoms with van der Waals surface area (Å²) in [5, 5.41) is 5.83. The molecule has 0 unspecified atom stereocenters. The van der Waals surface area contributed by atoms with E-state index in [2.05, 4.69) is 10.6 Å². The van der Waals surface area contributed by atoms with Crippen LogP contribution in [0.15, 0.2) is 82.2 Å². The Bertz CT molecular complexity index is 1460. The van der Waals surface area contributed by atoms with Crippen molar-refractivity contribution >= 4 is 40.9 Å². The molecule has 0 bridgehead atoms. The second kappa shape index (κ2) is 11.6. The van der Waals surface area contributed by atoms with Gasteiger partial charge in [0.05, 0.1) is 0 Å². The van der Waals surface area contributed by atoms with Crippen molar-refractivity contribution in [2.75, 3.05) is 37.7 Å². The van der Waals surface area contributed by atoms with E-state index in [0.717, 1.165) is 11.8 Å². The molecule has 9 nitrogen and oxygen atoms in total. The van der Waals surface area contributed by atoms with Crippen molar-refractivity contribution in [3.63, 3.8) is 0 Å². The minimum absolute atomic E-state index is 0.101. The molecular weight excluding hydrogens is 525 g/mol. The van der Waals surface area contributed by atoms with Crippen LogP contribution in [0.4, 0.5) is 15.8 Å². The lowest BCUT2D eigenvalue weighted by molar-refractivity contribution is -0.137. The topological polar surface area (TPSA) is 106 Å². The number of thioether (sulfide) groups is 1. The molecule has 2 heterocycles. The van der Waals surface area contributed by atoms with E-state index in [9.17, 15) is 18.8 Å². The number of nitrogens with one attached hydrogen (secondary N) is 2. The molecule has 2 aliphatic rings. The fraction of sp³-hybridized carbons (Fsp3) is 0.179. The van der Waals surface area contributed by atoms with Crippen LogP contribution >= 0.6 is 11.8 Å². The van der Waals surface area contributed by atoms with Crippen LogP contribution in [0.5, 0.6) is 11.5 Å². The summed E-state index contributed by atoms with van der Waals surface area (Å²) in [5.41, 5.74) is 1.47. The minimum atomic E-state index is -0.477. The molecule has 0 aromatic heterocycles. The van der Waals surface area contributed by atoms with Crippen molar-refractivity contribution in [1.82, 2.24) is 4.90 Å². The van der Waals surface area contributed by atoms with Gasteiger partial charge in [-0.05, 0) is 67.1 Å². The van der Waals surface area contributed by atoms with Gasteiger partial charge in [0.2, 0.25) is 6.79 Å². The van der Waals surface area contributed by atoms with Gasteiger partial charge in [-0.2, -0.15) is 0 Å². The normalized spacial score (nSPS) is 14.3. The molecule has 11 heteroatoms. The molecule has 39 heavy (non-hydrogen) atoms. The molecule has 2 aliphatic heterocycles. The summed E-state index contributed by atoms with van der Waals surface area (Å²) in [6, 6.07) is 17.4. The van der Waals surface area contributed by atoms with E-state index in [1.54, 1.807) is 49.6 Å². The third kappa shape index (κ3) is 5.89. The molecule has 0 fully saturated rings. The second-order valence-corrected chi connectivity index (χ2v) is 9.68. The fourth-order valence-corrected chi connectivity index (χ4v) is 5.01. The third-order valence-electron chi connectivity index (χ3n) is 5.92. The second-order valence-electron chi connectivity index (χ2n) is 8.60. The number of benzene rings is 3. The Balaban J connectivity index is 1.37. The van der Waals surface area contributed by atoms with Crippen LogP contribution in [0.3, 0.4) is 0 Å². The van der Waals surface area contributed by atoms with Crippen molar-refractivity contribution in [3.05, 3.63) is 88.7 Å². The standard InChI is InChI=1S/C28H24FN3O6S/c1-36-13-3-12-32-27(34)24(30-19-9-7-18(29)8-10-19)25(28(32)35)39-21-5-2-4-20(15-21)31-26(33)17-6-11-22-23(14-17)38-16-37-22/h2,4-11,14-15,30H,3,12-13,16H2,1H3,(H,31,33). The summed E-state index contributed by atoms with van der Waals surface area (Å²) in [5.74, 6) is -0.603. The van der Waals surface area contributed by atoms with Gasteiger partial charge in [-0.3, -0.25) is 19.3 Å². The Morgan fingerprint density at radius 1 is 1.00 bits per heavy atom. The van der Waals surface area contributed by atoms with E-state index in [4.69, 9.17) is 14.2 Å². The number of fused-ring (bicyclic) bond motifs is 1. The number of halogens is 1. The van der Waals surface area contributed by atoms with Crippen LogP contribution < -0.4 is 20.1 Å². The number of hydrogen-bond acceptors (Lipinski definition) is 8. The fourth-order valence-electron chi connectivity index (χ4n) is 4.00. The highest BCUT2D eigenvalue weighted by molar-refractivity contribution is 8.04. The largest absolute Gasteiger partial charge is 0.454 e. The molecule has 3 aromatic carbocycles. The van der Waals surface area contributed by atoms with Gasteiger partial charge in [0, 0.05) is 42.1 Å². The number of methoxy groups -OCH3 is 1. The quantitative estimate of drug-likeness (QED) is 0.279. The van der Waals surface area contributed by atoms with Gasteiger partial charge in [0.1, 0.15) is 16.4 Å². The molecular formula is C28H24FN3O6S. The number of anilines is 2. The summed E-state index contributed by atoms with van der Waals surface area (Å²) in [6.07, 6.45) is 0.483. The van der Waals surface area contributed by atoms with Gasteiger partial charge >= 0.3 is 0 Å². The highest BCUT2D eigenvalue weighted by atomic mass is 32.2. The van der Waals surface area contributed by atoms with Gasteiger partial charge in [-0.15, -0.1) is 0 Å². The Morgan fingerprint density at radius 2 is 1.79 bits per heavy atom. The number of hydrogen-bond donors (Lipinski definition) is 2. The number of rotatable bonds is 10. The van der Waals surface area contributed by atoms with E-state index in [1.807, 2.05) is 0 Å². The van der Waals surface area contributed by atoms with Gasteiger partial charge in [-0.25, -0.2) is 4.39 Å². The maximum Gasteiger partial charge on any atom is 0.278 e. The van der Waals surface area contributed by atoms with Crippen molar-refractivity contribution in [1.29, 1.82) is 0 Å². The van der Waals surface area contributed by atoms with E-state index >= 15 is 0 Å². The molecule has 3 amide bonds. The van der Waals surface area contributed by atoms with Crippen molar-refractivity contribution in [2.45, 2.75) is 11.3 Å². The first-order valence-electron chi connectivity index (χ1n) is 12.0. The van der Waals surface area contributed by atoms with E-state index < -0.39 is 17.6 Å². The Kier molecular flexibility index (Phi) is 7.80. The highest BCUT2D eigenvalue weighted by Crippen LogP contribution is 2.37. The number of carbonyl (C=O) groups is 3. The molecule has 0 radical (unpaired) electrons. The lowest BCUT2D eigenvalue weighted by Crippen LogP contribution is -2.33. The lowest BCUT2D eigenvalue weighted by Gasteiger charge is -2.14. The first-order valence-corrected chi connectivity index (χ1v) is 12.9. The summed E-state index contributed by atoms with van der Waals surface area (Å²) in [4.78, 5) is 41.3. The van der Waals surface area contributed by atoms with Crippen LogP contribution in [-0.4, -0.2) is 49.7 Å². The zero-order chi connectivity index (χ0) is 27.4. The van der Waals surface area contributed by atoms with E-state index in [1.165, 1.54) is 29.2 Å². The molecule has 0 atom stereocenters. The molecule has 0 saturated heterocycles. The zero-order valence-electron chi connectivity index (χ0n) is 20.9. The van der Waals surface area contributed by atoms with Gasteiger partial charge < -0.3 is 24.8 Å². The van der Waals surface area contributed by atoms with Gasteiger partial charge in [-0.1, -0.05) is 17.8 Å². The van der Waals surface area contributed by atoms with Crippen LogP contribution in [0.25, 0.3) is 0 Å². The first-order chi connectivity index (χ1) is 18.9. The number of carbonyl (C=O) groups excluding carboxylic acids is 3. The van der Waals surface area contributed by atoms with Crippen LogP contribution in [0.1, 0.15) is 16.8 Å². The zero-order valence-corrected chi connectivity index (χ0v) is 21.7. The maximum atomic E-state index is 13.4. The Hall–Kier alpha value is -4.35. The molecule has 0 saturated carbocycles. The third-order valence-corrected chi connectivity index (χ3v) is 6.99. The molecule has 2 N–H and O–H groups in total. The van der Waals surface area contributed by atoms with Crippen LogP contribution in [0.2, 0.25) is 0 Å². The van der Waals surface area contributed by atoms with Crippen molar-refractivity contribution in [3.8, 4) is 11.5 Å².